The van der Waals surface area contributed by atoms with Crippen molar-refractivity contribution in [1.82, 2.24) is 15.2 Å². The maximum atomic E-state index is 5.66. The lowest BCUT2D eigenvalue weighted by atomic mass is 10.0. The summed E-state index contributed by atoms with van der Waals surface area (Å²) < 4.78 is 5.66. The van der Waals surface area contributed by atoms with Gasteiger partial charge in [0.05, 0.1) is 12.7 Å². The van der Waals surface area contributed by atoms with E-state index in [9.17, 15) is 0 Å². The molecule has 1 aliphatic rings. The highest BCUT2D eigenvalue weighted by Crippen LogP contribution is 2.18. The molecule has 0 aliphatic carbocycles. The van der Waals surface area contributed by atoms with Crippen molar-refractivity contribution in [2.75, 3.05) is 26.2 Å². The Kier molecular flexibility index (Phi) is 5.66. The number of aliphatic imine (C=N–C) groups is 1. The van der Waals surface area contributed by atoms with E-state index < -0.39 is 0 Å². The van der Waals surface area contributed by atoms with Crippen molar-refractivity contribution in [3.63, 3.8) is 0 Å². The van der Waals surface area contributed by atoms with Crippen LogP contribution in [0.3, 0.4) is 0 Å². The van der Waals surface area contributed by atoms with Crippen molar-refractivity contribution in [1.29, 1.82) is 0 Å². The molecule has 0 spiro atoms. The van der Waals surface area contributed by atoms with E-state index in [1.165, 1.54) is 11.1 Å². The average Bonchev–Trinajstić information content (AvgIpc) is 2.65. The minimum Gasteiger partial charge on any atom is -0.490 e. The molecule has 5 nitrogen and oxygen atoms in total. The maximum absolute atomic E-state index is 5.66. The van der Waals surface area contributed by atoms with Gasteiger partial charge in [0.1, 0.15) is 12.4 Å². The Hall–Kier alpha value is -2.56. The van der Waals surface area contributed by atoms with Gasteiger partial charge < -0.3 is 15.0 Å². The number of nitrogens with one attached hydrogen (secondary N) is 1. The molecule has 1 aromatic carbocycles. The molecular formula is C19H24N4O. The van der Waals surface area contributed by atoms with Crippen molar-refractivity contribution < 1.29 is 4.74 Å². The van der Waals surface area contributed by atoms with Gasteiger partial charge in [0, 0.05) is 25.8 Å². The first-order valence-electron chi connectivity index (χ1n) is 8.49. The van der Waals surface area contributed by atoms with Gasteiger partial charge in [-0.2, -0.15) is 0 Å². The van der Waals surface area contributed by atoms with Gasteiger partial charge in [-0.25, -0.2) is 4.99 Å². The number of aromatic nitrogens is 1. The first kappa shape index (κ1) is 16.3. The molecule has 2 aromatic rings. The van der Waals surface area contributed by atoms with E-state index in [0.717, 1.165) is 37.8 Å². The molecule has 5 heteroatoms. The molecule has 1 N–H and O–H groups in total. The molecule has 0 amide bonds. The summed E-state index contributed by atoms with van der Waals surface area (Å²) in [4.78, 5) is 11.1. The SMILES string of the molecule is CCNC(=NCCOc1cccnc1)N1CCc2ccccc2C1. The topological polar surface area (TPSA) is 49.8 Å². The standard InChI is InChI=1S/C19H24N4O/c1-2-21-19(22-11-13-24-18-8-5-10-20-14-18)23-12-9-16-6-3-4-7-17(16)15-23/h3-8,10,14H,2,9,11-13,15H2,1H3,(H,21,22). The van der Waals surface area contributed by atoms with Crippen molar-refractivity contribution in [3.05, 3.63) is 59.9 Å². The maximum Gasteiger partial charge on any atom is 0.194 e. The fourth-order valence-electron chi connectivity index (χ4n) is 2.85. The monoisotopic (exact) mass is 324 g/mol. The van der Waals surface area contributed by atoms with Crippen LogP contribution in [0.4, 0.5) is 0 Å². The summed E-state index contributed by atoms with van der Waals surface area (Å²) in [6.45, 7) is 6.03. The minimum atomic E-state index is 0.547. The Morgan fingerprint density at radius 1 is 1.25 bits per heavy atom. The zero-order valence-corrected chi connectivity index (χ0v) is 14.1. The van der Waals surface area contributed by atoms with E-state index in [0.29, 0.717) is 13.2 Å². The van der Waals surface area contributed by atoms with E-state index in [1.54, 1.807) is 12.4 Å². The van der Waals surface area contributed by atoms with Gasteiger partial charge in [-0.3, -0.25) is 4.98 Å². The van der Waals surface area contributed by atoms with Gasteiger partial charge in [0.25, 0.3) is 0 Å². The minimum absolute atomic E-state index is 0.547. The lowest BCUT2D eigenvalue weighted by Crippen LogP contribution is -2.44. The fraction of sp³-hybridized carbons (Fsp3) is 0.368. The second kappa shape index (κ2) is 8.34. The number of ether oxygens (including phenoxy) is 1. The summed E-state index contributed by atoms with van der Waals surface area (Å²) in [5, 5.41) is 3.39. The smallest absolute Gasteiger partial charge is 0.194 e. The fourth-order valence-corrected chi connectivity index (χ4v) is 2.85. The number of rotatable bonds is 5. The Labute approximate surface area is 143 Å². The normalized spacial score (nSPS) is 14.2. The van der Waals surface area contributed by atoms with Gasteiger partial charge in [0.15, 0.2) is 5.96 Å². The van der Waals surface area contributed by atoms with Crippen molar-refractivity contribution in [2.45, 2.75) is 19.9 Å². The lowest BCUT2D eigenvalue weighted by Gasteiger charge is -2.31. The van der Waals surface area contributed by atoms with Crippen molar-refractivity contribution >= 4 is 5.96 Å². The molecule has 0 saturated carbocycles. The van der Waals surface area contributed by atoms with E-state index in [-0.39, 0.29) is 0 Å². The number of benzene rings is 1. The van der Waals surface area contributed by atoms with E-state index in [1.807, 2.05) is 12.1 Å². The van der Waals surface area contributed by atoms with Crippen LogP contribution in [-0.2, 0) is 13.0 Å². The summed E-state index contributed by atoms with van der Waals surface area (Å²) in [5.74, 6) is 1.74. The lowest BCUT2D eigenvalue weighted by molar-refractivity contribution is 0.324. The highest BCUT2D eigenvalue weighted by molar-refractivity contribution is 5.80. The van der Waals surface area contributed by atoms with E-state index in [4.69, 9.17) is 9.73 Å². The molecule has 1 aliphatic heterocycles. The van der Waals surface area contributed by atoms with Crippen LogP contribution < -0.4 is 10.1 Å². The third-order valence-electron chi connectivity index (χ3n) is 4.02. The molecule has 0 bridgehead atoms. The van der Waals surface area contributed by atoms with Crippen LogP contribution in [0.25, 0.3) is 0 Å². The van der Waals surface area contributed by atoms with Crippen molar-refractivity contribution in [2.24, 2.45) is 4.99 Å². The first-order valence-corrected chi connectivity index (χ1v) is 8.49. The van der Waals surface area contributed by atoms with Crippen LogP contribution >= 0.6 is 0 Å². The predicted octanol–water partition coefficient (Wildman–Crippen LogP) is 2.48. The van der Waals surface area contributed by atoms with Crippen LogP contribution in [0.5, 0.6) is 5.75 Å². The van der Waals surface area contributed by atoms with E-state index in [2.05, 4.69) is 46.4 Å². The van der Waals surface area contributed by atoms with Crippen LogP contribution in [-0.4, -0.2) is 42.1 Å². The molecule has 2 heterocycles. The molecule has 0 fully saturated rings. The van der Waals surface area contributed by atoms with Crippen LogP contribution in [0, 0.1) is 0 Å². The number of fused-ring (bicyclic) bond motifs is 1. The number of hydrogen-bond donors (Lipinski definition) is 1. The Bertz CT molecular complexity index is 672. The largest absolute Gasteiger partial charge is 0.490 e. The number of pyridine rings is 1. The van der Waals surface area contributed by atoms with Gasteiger partial charge in [-0.15, -0.1) is 0 Å². The Balaban J connectivity index is 1.58. The zero-order chi connectivity index (χ0) is 16.6. The number of guanidine groups is 1. The molecule has 0 unspecified atom stereocenters. The molecule has 0 radical (unpaired) electrons. The summed E-state index contributed by atoms with van der Waals surface area (Å²) >= 11 is 0. The summed E-state index contributed by atoms with van der Waals surface area (Å²) in [5.41, 5.74) is 2.84. The van der Waals surface area contributed by atoms with Gasteiger partial charge in [-0.1, -0.05) is 24.3 Å². The predicted molar refractivity (Wildman–Crippen MR) is 96.3 cm³/mol. The van der Waals surface area contributed by atoms with Crippen LogP contribution in [0.1, 0.15) is 18.1 Å². The molecule has 0 atom stereocenters. The molecular weight excluding hydrogens is 300 g/mol. The molecule has 24 heavy (non-hydrogen) atoms. The molecule has 1 aromatic heterocycles. The second-order valence-electron chi connectivity index (χ2n) is 5.71. The number of nitrogens with zero attached hydrogens (tertiary/aromatic N) is 3. The second-order valence-corrected chi connectivity index (χ2v) is 5.71. The zero-order valence-electron chi connectivity index (χ0n) is 14.1. The first-order chi connectivity index (χ1) is 11.9. The van der Waals surface area contributed by atoms with Gasteiger partial charge in [0.2, 0.25) is 0 Å². The highest BCUT2D eigenvalue weighted by Gasteiger charge is 2.18. The summed E-state index contributed by atoms with van der Waals surface area (Å²) in [6, 6.07) is 12.4. The molecule has 126 valence electrons. The Morgan fingerprint density at radius 3 is 2.92 bits per heavy atom. The summed E-state index contributed by atoms with van der Waals surface area (Å²) in [6.07, 6.45) is 4.52. The van der Waals surface area contributed by atoms with Crippen LogP contribution in [0.15, 0.2) is 53.8 Å². The quantitative estimate of drug-likeness (QED) is 0.521. The van der Waals surface area contributed by atoms with Gasteiger partial charge >= 0.3 is 0 Å². The molecule has 3 rings (SSSR count). The number of hydrogen-bond acceptors (Lipinski definition) is 3. The highest BCUT2D eigenvalue weighted by atomic mass is 16.5. The van der Waals surface area contributed by atoms with Gasteiger partial charge in [-0.05, 0) is 36.6 Å². The van der Waals surface area contributed by atoms with Crippen molar-refractivity contribution in [3.8, 4) is 5.75 Å². The third kappa shape index (κ3) is 4.25. The summed E-state index contributed by atoms with van der Waals surface area (Å²) in [7, 11) is 0. The van der Waals surface area contributed by atoms with Crippen LogP contribution in [0.2, 0.25) is 0 Å². The Morgan fingerprint density at radius 2 is 2.12 bits per heavy atom. The third-order valence-corrected chi connectivity index (χ3v) is 4.02. The molecule has 0 saturated heterocycles. The average molecular weight is 324 g/mol. The van der Waals surface area contributed by atoms with E-state index >= 15 is 0 Å².